The van der Waals surface area contributed by atoms with Gasteiger partial charge in [0.25, 0.3) is 5.91 Å². The maximum absolute atomic E-state index is 13.0. The van der Waals surface area contributed by atoms with Crippen LogP contribution < -0.4 is 4.90 Å². The fourth-order valence-electron chi connectivity index (χ4n) is 3.72. The molecule has 1 amide bonds. The molecule has 0 fully saturated rings. The fourth-order valence-corrected chi connectivity index (χ4v) is 5.23. The average Bonchev–Trinajstić information content (AvgIpc) is 3.04. The van der Waals surface area contributed by atoms with E-state index < -0.39 is 10.0 Å². The van der Waals surface area contributed by atoms with E-state index in [1.165, 1.54) is 4.31 Å². The Morgan fingerprint density at radius 1 is 1.04 bits per heavy atom. The first kappa shape index (κ1) is 19.6. The van der Waals surface area contributed by atoms with Crippen molar-refractivity contribution in [2.24, 2.45) is 0 Å². The van der Waals surface area contributed by atoms with Crippen LogP contribution in [0, 0.1) is 13.8 Å². The Morgan fingerprint density at radius 3 is 2.26 bits per heavy atom. The first-order valence-corrected chi connectivity index (χ1v) is 10.7. The lowest BCUT2D eigenvalue weighted by Crippen LogP contribution is -2.30. The molecule has 0 N–H and O–H groups in total. The molecule has 2 aromatic rings. The van der Waals surface area contributed by atoms with Gasteiger partial charge in [-0.05, 0) is 56.2 Å². The van der Waals surface area contributed by atoms with Crippen molar-refractivity contribution in [2.75, 3.05) is 24.5 Å². The number of anilines is 1. The van der Waals surface area contributed by atoms with Crippen LogP contribution in [0.3, 0.4) is 0 Å². The molecular weight excluding hydrogens is 360 g/mol. The van der Waals surface area contributed by atoms with E-state index in [-0.39, 0.29) is 5.91 Å². The Morgan fingerprint density at radius 2 is 1.67 bits per heavy atom. The van der Waals surface area contributed by atoms with Crippen molar-refractivity contribution in [1.29, 1.82) is 0 Å². The summed E-state index contributed by atoms with van der Waals surface area (Å²) in [5, 5.41) is 0. The minimum atomic E-state index is -3.49. The summed E-state index contributed by atoms with van der Waals surface area (Å²) in [6.07, 6.45) is 0.660. The van der Waals surface area contributed by atoms with Crippen molar-refractivity contribution < 1.29 is 13.2 Å². The third-order valence-corrected chi connectivity index (χ3v) is 7.05. The maximum Gasteiger partial charge on any atom is 0.258 e. The second kappa shape index (κ2) is 7.44. The number of benzene rings is 2. The van der Waals surface area contributed by atoms with Gasteiger partial charge in [-0.2, -0.15) is 4.31 Å². The summed E-state index contributed by atoms with van der Waals surface area (Å²) in [5.74, 6) is -0.0418. The number of nitrogens with zero attached hydrogens (tertiary/aromatic N) is 2. The van der Waals surface area contributed by atoms with Crippen LogP contribution in [0.1, 0.15) is 40.9 Å². The van der Waals surface area contributed by atoms with Crippen molar-refractivity contribution >= 4 is 21.6 Å². The molecule has 144 valence electrons. The minimum Gasteiger partial charge on any atom is -0.308 e. The summed E-state index contributed by atoms with van der Waals surface area (Å²) in [5.41, 5.74) is 4.48. The van der Waals surface area contributed by atoms with E-state index in [9.17, 15) is 13.2 Å². The SMILES string of the molecule is CCN(CC)S(=O)(=O)c1ccc2c(c1)CCN2C(=O)c1cc(C)cc(C)c1. The maximum atomic E-state index is 13.0. The Balaban J connectivity index is 1.94. The van der Waals surface area contributed by atoms with E-state index in [1.807, 2.05) is 45.9 Å². The number of carbonyl (C=O) groups excluding carboxylic acids is 1. The Bertz CT molecular complexity index is 959. The number of sulfonamides is 1. The molecule has 0 spiro atoms. The van der Waals surface area contributed by atoms with Gasteiger partial charge in [-0.1, -0.05) is 31.0 Å². The Kier molecular flexibility index (Phi) is 5.40. The number of amides is 1. The van der Waals surface area contributed by atoms with Gasteiger partial charge in [0, 0.05) is 30.9 Å². The smallest absolute Gasteiger partial charge is 0.258 e. The van der Waals surface area contributed by atoms with E-state index in [4.69, 9.17) is 0 Å². The van der Waals surface area contributed by atoms with Gasteiger partial charge >= 0.3 is 0 Å². The molecule has 0 aliphatic carbocycles. The van der Waals surface area contributed by atoms with Gasteiger partial charge in [0.2, 0.25) is 10.0 Å². The minimum absolute atomic E-state index is 0.0418. The van der Waals surface area contributed by atoms with Crippen molar-refractivity contribution in [1.82, 2.24) is 4.31 Å². The monoisotopic (exact) mass is 386 g/mol. The molecule has 1 heterocycles. The molecule has 2 aromatic carbocycles. The predicted octanol–water partition coefficient (Wildman–Crippen LogP) is 3.54. The molecule has 0 unspecified atom stereocenters. The largest absolute Gasteiger partial charge is 0.308 e. The van der Waals surface area contributed by atoms with Gasteiger partial charge in [-0.3, -0.25) is 4.79 Å². The van der Waals surface area contributed by atoms with Crippen molar-refractivity contribution in [3.8, 4) is 0 Å². The van der Waals surface area contributed by atoms with Gasteiger partial charge < -0.3 is 4.90 Å². The quantitative estimate of drug-likeness (QED) is 0.790. The second-order valence-electron chi connectivity index (χ2n) is 6.96. The first-order valence-electron chi connectivity index (χ1n) is 9.31. The highest BCUT2D eigenvalue weighted by Crippen LogP contribution is 2.32. The van der Waals surface area contributed by atoms with Crippen LogP contribution in [0.5, 0.6) is 0 Å². The molecule has 3 rings (SSSR count). The number of hydrogen-bond acceptors (Lipinski definition) is 3. The molecule has 1 aliphatic rings. The molecule has 0 saturated carbocycles. The molecule has 0 aromatic heterocycles. The van der Waals surface area contributed by atoms with Crippen LogP contribution in [0.15, 0.2) is 41.3 Å². The molecule has 0 bridgehead atoms. The topological polar surface area (TPSA) is 57.7 Å². The summed E-state index contributed by atoms with van der Waals surface area (Å²) < 4.78 is 26.9. The highest BCUT2D eigenvalue weighted by atomic mass is 32.2. The summed E-state index contributed by atoms with van der Waals surface area (Å²) in [7, 11) is -3.49. The fraction of sp³-hybridized carbons (Fsp3) is 0.381. The highest BCUT2D eigenvalue weighted by molar-refractivity contribution is 7.89. The standard InChI is InChI=1S/C21H26N2O3S/c1-5-22(6-2)27(25,26)19-7-8-20-17(14-19)9-10-23(20)21(24)18-12-15(3)11-16(4)13-18/h7-8,11-14H,5-6,9-10H2,1-4H3. The third-order valence-electron chi connectivity index (χ3n) is 5.00. The van der Waals surface area contributed by atoms with Gasteiger partial charge in [-0.15, -0.1) is 0 Å². The van der Waals surface area contributed by atoms with Crippen LogP contribution in [0.25, 0.3) is 0 Å². The Labute approximate surface area is 161 Å². The zero-order valence-corrected chi connectivity index (χ0v) is 17.1. The lowest BCUT2D eigenvalue weighted by molar-refractivity contribution is 0.0989. The average molecular weight is 387 g/mol. The normalized spacial score (nSPS) is 13.9. The van der Waals surface area contributed by atoms with E-state index in [2.05, 4.69) is 0 Å². The van der Waals surface area contributed by atoms with Gasteiger partial charge in [0.15, 0.2) is 0 Å². The number of aryl methyl sites for hydroxylation is 2. The molecule has 1 aliphatic heterocycles. The lowest BCUT2D eigenvalue weighted by atomic mass is 10.1. The summed E-state index contributed by atoms with van der Waals surface area (Å²) in [4.78, 5) is 15.0. The molecular formula is C21H26N2O3S. The summed E-state index contributed by atoms with van der Waals surface area (Å²) >= 11 is 0. The zero-order chi connectivity index (χ0) is 19.8. The van der Waals surface area contributed by atoms with Crippen LogP contribution in [0.4, 0.5) is 5.69 Å². The number of rotatable bonds is 5. The van der Waals surface area contributed by atoms with E-state index in [1.54, 1.807) is 23.1 Å². The van der Waals surface area contributed by atoms with Crippen molar-refractivity contribution in [3.05, 3.63) is 58.7 Å². The molecule has 5 nitrogen and oxygen atoms in total. The molecule has 0 radical (unpaired) electrons. The summed E-state index contributed by atoms with van der Waals surface area (Å²) in [6, 6.07) is 10.9. The Hall–Kier alpha value is -2.18. The van der Waals surface area contributed by atoms with Crippen LogP contribution in [-0.4, -0.2) is 38.3 Å². The predicted molar refractivity (Wildman–Crippen MR) is 108 cm³/mol. The van der Waals surface area contributed by atoms with Crippen molar-refractivity contribution in [3.63, 3.8) is 0 Å². The number of hydrogen-bond donors (Lipinski definition) is 0. The van der Waals surface area contributed by atoms with Crippen LogP contribution in [-0.2, 0) is 16.4 Å². The molecule has 27 heavy (non-hydrogen) atoms. The van der Waals surface area contributed by atoms with E-state index in [0.29, 0.717) is 36.5 Å². The highest BCUT2D eigenvalue weighted by Gasteiger charge is 2.29. The second-order valence-corrected chi connectivity index (χ2v) is 8.90. The van der Waals surface area contributed by atoms with Gasteiger partial charge in [-0.25, -0.2) is 8.42 Å². The molecule has 0 atom stereocenters. The van der Waals surface area contributed by atoms with E-state index in [0.717, 1.165) is 22.4 Å². The summed E-state index contributed by atoms with van der Waals surface area (Å²) in [6.45, 7) is 9.06. The number of fused-ring (bicyclic) bond motifs is 1. The van der Waals surface area contributed by atoms with Crippen molar-refractivity contribution in [2.45, 2.75) is 39.0 Å². The van der Waals surface area contributed by atoms with Crippen LogP contribution in [0.2, 0.25) is 0 Å². The molecule has 0 saturated heterocycles. The van der Waals surface area contributed by atoms with Gasteiger partial charge in [0.1, 0.15) is 0 Å². The number of carbonyl (C=O) groups is 1. The van der Waals surface area contributed by atoms with Gasteiger partial charge in [0.05, 0.1) is 4.90 Å². The lowest BCUT2D eigenvalue weighted by Gasteiger charge is -2.20. The first-order chi connectivity index (χ1) is 12.8. The zero-order valence-electron chi connectivity index (χ0n) is 16.3. The van der Waals surface area contributed by atoms with Crippen LogP contribution >= 0.6 is 0 Å². The third kappa shape index (κ3) is 3.64. The molecule has 6 heteroatoms. The van der Waals surface area contributed by atoms with E-state index >= 15 is 0 Å².